The van der Waals surface area contributed by atoms with Crippen LogP contribution in [-0.4, -0.2) is 23.1 Å². The van der Waals surface area contributed by atoms with E-state index in [1.807, 2.05) is 19.3 Å². The minimum atomic E-state index is 0.816. The second-order valence-corrected chi connectivity index (χ2v) is 6.47. The van der Waals surface area contributed by atoms with Crippen molar-refractivity contribution in [1.29, 1.82) is 0 Å². The van der Waals surface area contributed by atoms with Crippen molar-refractivity contribution in [3.63, 3.8) is 0 Å². The number of hydrogen-bond acceptors (Lipinski definition) is 5. The first-order valence-electron chi connectivity index (χ1n) is 7.17. The molecule has 0 spiro atoms. The molecule has 5 heteroatoms. The summed E-state index contributed by atoms with van der Waals surface area (Å²) in [4.78, 5) is 12.5. The third-order valence-electron chi connectivity index (χ3n) is 3.56. The average molecular weight is 288 g/mol. The van der Waals surface area contributed by atoms with Crippen LogP contribution in [-0.2, 0) is 6.54 Å². The summed E-state index contributed by atoms with van der Waals surface area (Å²) in [7, 11) is 0. The summed E-state index contributed by atoms with van der Waals surface area (Å²) in [5.41, 5.74) is 1.07. The number of aromatic nitrogens is 2. The Morgan fingerprint density at radius 3 is 2.65 bits per heavy atom. The van der Waals surface area contributed by atoms with Crippen molar-refractivity contribution in [2.75, 3.05) is 23.3 Å². The van der Waals surface area contributed by atoms with E-state index < -0.39 is 0 Å². The maximum absolute atomic E-state index is 4.57. The molecular weight excluding hydrogens is 268 g/mol. The molecule has 20 heavy (non-hydrogen) atoms. The van der Waals surface area contributed by atoms with Crippen LogP contribution in [0.25, 0.3) is 0 Å². The highest BCUT2D eigenvalue weighted by atomic mass is 32.1. The van der Waals surface area contributed by atoms with E-state index in [4.69, 9.17) is 0 Å². The van der Waals surface area contributed by atoms with Gasteiger partial charge in [0.2, 0.25) is 0 Å². The summed E-state index contributed by atoms with van der Waals surface area (Å²) in [6.45, 7) is 5.12. The van der Waals surface area contributed by atoms with Crippen LogP contribution in [0.5, 0.6) is 0 Å². The monoisotopic (exact) mass is 288 g/mol. The van der Waals surface area contributed by atoms with Crippen LogP contribution in [0.4, 0.5) is 11.5 Å². The molecule has 2 aromatic heterocycles. The van der Waals surface area contributed by atoms with Crippen molar-refractivity contribution in [2.24, 2.45) is 0 Å². The Morgan fingerprint density at radius 2 is 2.00 bits per heavy atom. The second-order valence-electron chi connectivity index (χ2n) is 5.15. The van der Waals surface area contributed by atoms with Gasteiger partial charge in [-0.25, -0.2) is 9.97 Å². The molecule has 1 saturated heterocycles. The molecule has 106 valence electrons. The lowest BCUT2D eigenvalue weighted by atomic mass is 10.1. The highest BCUT2D eigenvalue weighted by Crippen LogP contribution is 2.19. The van der Waals surface area contributed by atoms with Gasteiger partial charge in [-0.3, -0.25) is 0 Å². The minimum absolute atomic E-state index is 0.816. The lowest BCUT2D eigenvalue weighted by Gasteiger charge is -2.27. The lowest BCUT2D eigenvalue weighted by molar-refractivity contribution is 0.573. The summed E-state index contributed by atoms with van der Waals surface area (Å²) in [6, 6.07) is 4.23. The van der Waals surface area contributed by atoms with Crippen LogP contribution in [0.15, 0.2) is 24.5 Å². The third kappa shape index (κ3) is 3.28. The molecule has 0 bridgehead atoms. The largest absolute Gasteiger partial charge is 0.379 e. The predicted octanol–water partition coefficient (Wildman–Crippen LogP) is 3.45. The number of pyridine rings is 1. The molecule has 1 fully saturated rings. The summed E-state index contributed by atoms with van der Waals surface area (Å²) < 4.78 is 0. The number of hydrogen-bond donors (Lipinski definition) is 1. The molecule has 0 amide bonds. The summed E-state index contributed by atoms with van der Waals surface area (Å²) in [5.74, 6) is 1.10. The number of nitrogens with one attached hydrogen (secondary N) is 1. The highest BCUT2D eigenvalue weighted by Gasteiger charge is 2.11. The fourth-order valence-corrected chi connectivity index (χ4v) is 3.21. The van der Waals surface area contributed by atoms with Crippen LogP contribution in [0.3, 0.4) is 0 Å². The zero-order valence-electron chi connectivity index (χ0n) is 11.8. The predicted molar refractivity (Wildman–Crippen MR) is 84.5 cm³/mol. The molecule has 0 aromatic carbocycles. The van der Waals surface area contributed by atoms with Gasteiger partial charge in [0.05, 0.1) is 23.4 Å². The van der Waals surface area contributed by atoms with Gasteiger partial charge in [-0.15, -0.1) is 11.3 Å². The van der Waals surface area contributed by atoms with Crippen molar-refractivity contribution in [2.45, 2.75) is 32.7 Å². The number of piperidine rings is 1. The summed E-state index contributed by atoms with van der Waals surface area (Å²) >= 11 is 1.73. The van der Waals surface area contributed by atoms with E-state index in [1.54, 1.807) is 11.3 Å². The van der Waals surface area contributed by atoms with Crippen molar-refractivity contribution in [3.05, 3.63) is 34.4 Å². The first-order chi connectivity index (χ1) is 9.81. The lowest BCUT2D eigenvalue weighted by Crippen LogP contribution is -2.30. The van der Waals surface area contributed by atoms with Gasteiger partial charge in [0.25, 0.3) is 0 Å². The molecule has 1 aliphatic heterocycles. The SMILES string of the molecule is Cc1ncc(CNc2ccc(N3CCCCC3)nc2)s1. The van der Waals surface area contributed by atoms with Gasteiger partial charge in [0.15, 0.2) is 0 Å². The van der Waals surface area contributed by atoms with E-state index in [9.17, 15) is 0 Å². The molecule has 0 atom stereocenters. The van der Waals surface area contributed by atoms with Gasteiger partial charge in [-0.05, 0) is 38.3 Å². The van der Waals surface area contributed by atoms with Gasteiger partial charge in [0, 0.05) is 24.2 Å². The first kappa shape index (κ1) is 13.4. The average Bonchev–Trinajstić information content (AvgIpc) is 2.92. The Labute approximate surface area is 123 Å². The third-order valence-corrected chi connectivity index (χ3v) is 4.48. The normalized spacial score (nSPS) is 15.3. The Bertz CT molecular complexity index is 543. The molecule has 0 saturated carbocycles. The number of thiazole rings is 1. The van der Waals surface area contributed by atoms with E-state index in [0.717, 1.165) is 36.1 Å². The van der Waals surface area contributed by atoms with Crippen molar-refractivity contribution in [3.8, 4) is 0 Å². The van der Waals surface area contributed by atoms with E-state index in [0.29, 0.717) is 0 Å². The molecule has 1 aliphatic rings. The number of anilines is 2. The van der Waals surface area contributed by atoms with E-state index in [-0.39, 0.29) is 0 Å². The van der Waals surface area contributed by atoms with Crippen molar-refractivity contribution >= 4 is 22.8 Å². The quantitative estimate of drug-likeness (QED) is 0.935. The first-order valence-corrected chi connectivity index (χ1v) is 7.99. The number of nitrogens with zero attached hydrogens (tertiary/aromatic N) is 3. The van der Waals surface area contributed by atoms with Gasteiger partial charge < -0.3 is 10.2 Å². The maximum atomic E-state index is 4.57. The van der Waals surface area contributed by atoms with Crippen LogP contribution >= 0.6 is 11.3 Å². The Hall–Kier alpha value is -1.62. The summed E-state index contributed by atoms with van der Waals surface area (Å²) in [5, 5.41) is 4.51. The molecule has 3 rings (SSSR count). The maximum Gasteiger partial charge on any atom is 0.128 e. The molecule has 0 aliphatic carbocycles. The number of aryl methyl sites for hydroxylation is 1. The van der Waals surface area contributed by atoms with Crippen molar-refractivity contribution < 1.29 is 0 Å². The van der Waals surface area contributed by atoms with Crippen molar-refractivity contribution in [1.82, 2.24) is 9.97 Å². The fourth-order valence-electron chi connectivity index (χ4n) is 2.48. The van der Waals surface area contributed by atoms with Gasteiger partial charge in [-0.1, -0.05) is 0 Å². The molecule has 0 radical (unpaired) electrons. The Morgan fingerprint density at radius 1 is 1.15 bits per heavy atom. The Balaban J connectivity index is 1.58. The molecular formula is C15H20N4S. The van der Waals surface area contributed by atoms with Crippen LogP contribution in [0, 0.1) is 6.92 Å². The minimum Gasteiger partial charge on any atom is -0.379 e. The smallest absolute Gasteiger partial charge is 0.128 e. The highest BCUT2D eigenvalue weighted by molar-refractivity contribution is 7.11. The van der Waals surface area contributed by atoms with Gasteiger partial charge in [0.1, 0.15) is 5.82 Å². The second kappa shape index (κ2) is 6.22. The molecule has 0 unspecified atom stereocenters. The van der Waals surface area contributed by atoms with E-state index in [1.165, 1.54) is 24.1 Å². The van der Waals surface area contributed by atoms with Gasteiger partial charge in [-0.2, -0.15) is 0 Å². The van der Waals surface area contributed by atoms with Gasteiger partial charge >= 0.3 is 0 Å². The number of rotatable bonds is 4. The Kier molecular flexibility index (Phi) is 4.16. The fraction of sp³-hybridized carbons (Fsp3) is 0.467. The summed E-state index contributed by atoms with van der Waals surface area (Å²) in [6.07, 6.45) is 7.78. The van der Waals surface area contributed by atoms with Crippen LogP contribution in [0.1, 0.15) is 29.1 Å². The van der Waals surface area contributed by atoms with E-state index >= 15 is 0 Å². The topological polar surface area (TPSA) is 41.1 Å². The molecule has 4 nitrogen and oxygen atoms in total. The zero-order chi connectivity index (χ0) is 13.8. The van der Waals surface area contributed by atoms with Crippen LogP contribution < -0.4 is 10.2 Å². The van der Waals surface area contributed by atoms with E-state index in [2.05, 4.69) is 32.3 Å². The van der Waals surface area contributed by atoms with Crippen LogP contribution in [0.2, 0.25) is 0 Å². The molecule has 2 aromatic rings. The molecule has 3 heterocycles. The molecule has 1 N–H and O–H groups in total. The standard InChI is InChI=1S/C15H20N4S/c1-12-16-10-14(20-12)11-17-13-5-6-15(18-9-13)19-7-3-2-4-8-19/h5-6,9-10,17H,2-4,7-8,11H2,1H3. The zero-order valence-corrected chi connectivity index (χ0v) is 12.6.